The number of halogens is 3. The van der Waals surface area contributed by atoms with Gasteiger partial charge in [-0.1, -0.05) is 12.1 Å². The zero-order valence-corrected chi connectivity index (χ0v) is 18.6. The first-order chi connectivity index (χ1) is 16.3. The third-order valence-electron chi connectivity index (χ3n) is 6.46. The van der Waals surface area contributed by atoms with Gasteiger partial charge in [-0.2, -0.15) is 17.5 Å². The number of amides is 2. The number of hydrogen-bond donors (Lipinski definition) is 0. The van der Waals surface area contributed by atoms with Gasteiger partial charge in [-0.25, -0.2) is 8.42 Å². The second-order valence-corrected chi connectivity index (χ2v) is 10.1. The lowest BCUT2D eigenvalue weighted by Gasteiger charge is -2.42. The number of carbonyl (C=O) groups excluding carboxylic acids is 3. The third-order valence-corrected chi connectivity index (χ3v) is 8.18. The van der Waals surface area contributed by atoms with Gasteiger partial charge in [0.05, 0.1) is 15.4 Å². The molecule has 2 aromatic carbocycles. The quantitative estimate of drug-likeness (QED) is 0.266. The second-order valence-electron chi connectivity index (χ2n) is 8.34. The predicted molar refractivity (Wildman–Crippen MR) is 112 cm³/mol. The average Bonchev–Trinajstić information content (AvgIpc) is 3.17. The fourth-order valence-electron chi connectivity index (χ4n) is 4.76. The van der Waals surface area contributed by atoms with Crippen molar-refractivity contribution in [3.8, 4) is 0 Å². The summed E-state index contributed by atoms with van der Waals surface area (Å²) in [7, 11) is -4.81. The molecule has 0 radical (unpaired) electrons. The highest BCUT2D eigenvalue weighted by molar-refractivity contribution is 7.90. The van der Waals surface area contributed by atoms with Crippen molar-refractivity contribution < 1.29 is 40.9 Å². The molecule has 0 N–H and O–H groups in total. The first kappa shape index (κ1) is 24.5. The van der Waals surface area contributed by atoms with Crippen LogP contribution in [0.15, 0.2) is 53.4 Å². The van der Waals surface area contributed by atoms with E-state index in [9.17, 15) is 46.1 Å². The van der Waals surface area contributed by atoms with Crippen LogP contribution in [0.25, 0.3) is 0 Å². The maximum absolute atomic E-state index is 13.6. The molecular formula is C22H17F3N2O7S. The van der Waals surface area contributed by atoms with Gasteiger partial charge in [0.25, 0.3) is 21.6 Å². The van der Waals surface area contributed by atoms with E-state index < -0.39 is 72.6 Å². The van der Waals surface area contributed by atoms with Crippen LogP contribution in [0.5, 0.6) is 0 Å². The standard InChI is InChI=1S/C22H17F3N2O7S/c23-22(24,25)14-5-3-13(4-6-14)17-12-19(29)26(20(30)21(17)11-1-2-18(21)28)35(33,34)16-9-7-15(8-10-16)27(31)32/h3-10,17H,1-2,11-12H2/t17-,21-/m0/s1. The summed E-state index contributed by atoms with van der Waals surface area (Å²) in [6.45, 7) is 0. The Bertz CT molecular complexity index is 1340. The van der Waals surface area contributed by atoms with E-state index in [1.807, 2.05) is 0 Å². The number of nitro groups is 1. The van der Waals surface area contributed by atoms with Crippen LogP contribution in [0.3, 0.4) is 0 Å². The maximum atomic E-state index is 13.6. The van der Waals surface area contributed by atoms with Crippen molar-refractivity contribution in [1.82, 2.24) is 4.31 Å². The van der Waals surface area contributed by atoms with Crippen LogP contribution in [0.2, 0.25) is 0 Å². The molecule has 2 atom stereocenters. The van der Waals surface area contributed by atoms with Crippen LogP contribution in [-0.4, -0.2) is 35.2 Å². The molecule has 1 saturated carbocycles. The van der Waals surface area contributed by atoms with Gasteiger partial charge < -0.3 is 0 Å². The van der Waals surface area contributed by atoms with E-state index in [1.165, 1.54) is 0 Å². The molecule has 0 aromatic heterocycles. The van der Waals surface area contributed by atoms with Crippen molar-refractivity contribution in [2.24, 2.45) is 5.41 Å². The van der Waals surface area contributed by atoms with Crippen molar-refractivity contribution in [1.29, 1.82) is 0 Å². The number of non-ortho nitro benzene ring substituents is 1. The first-order valence-electron chi connectivity index (χ1n) is 10.4. The van der Waals surface area contributed by atoms with E-state index in [-0.39, 0.29) is 29.1 Å². The molecule has 1 heterocycles. The van der Waals surface area contributed by atoms with Crippen LogP contribution in [0.4, 0.5) is 18.9 Å². The van der Waals surface area contributed by atoms with E-state index in [0.29, 0.717) is 0 Å². The zero-order valence-electron chi connectivity index (χ0n) is 17.8. The van der Waals surface area contributed by atoms with Gasteiger partial charge >= 0.3 is 6.18 Å². The van der Waals surface area contributed by atoms with E-state index in [4.69, 9.17) is 0 Å². The van der Waals surface area contributed by atoms with Gasteiger partial charge in [-0.3, -0.25) is 24.5 Å². The number of nitrogens with zero attached hydrogens (tertiary/aromatic N) is 2. The highest BCUT2D eigenvalue weighted by atomic mass is 32.2. The highest BCUT2D eigenvalue weighted by Crippen LogP contribution is 2.53. The number of imide groups is 1. The molecular weight excluding hydrogens is 493 g/mol. The Morgan fingerprint density at radius 3 is 2.09 bits per heavy atom. The molecule has 2 aromatic rings. The minimum absolute atomic E-state index is 0.0258. The molecule has 1 aliphatic carbocycles. The van der Waals surface area contributed by atoms with Gasteiger partial charge in [0.15, 0.2) is 0 Å². The van der Waals surface area contributed by atoms with Crippen molar-refractivity contribution in [2.45, 2.75) is 42.7 Å². The Balaban J connectivity index is 1.77. The normalized spacial score (nSPS) is 23.2. The summed E-state index contributed by atoms with van der Waals surface area (Å²) in [5.74, 6) is -4.14. The summed E-state index contributed by atoms with van der Waals surface area (Å²) in [6, 6.07) is 7.26. The Morgan fingerprint density at radius 1 is 1.00 bits per heavy atom. The molecule has 0 bridgehead atoms. The lowest BCUT2D eigenvalue weighted by molar-refractivity contribution is -0.384. The number of hydrogen-bond acceptors (Lipinski definition) is 7. The largest absolute Gasteiger partial charge is 0.416 e. The van der Waals surface area contributed by atoms with Gasteiger partial charge in [-0.15, -0.1) is 0 Å². The minimum Gasteiger partial charge on any atom is -0.298 e. The lowest BCUT2D eigenvalue weighted by Crippen LogP contribution is -2.58. The average molecular weight is 510 g/mol. The number of sulfonamides is 1. The van der Waals surface area contributed by atoms with Crippen LogP contribution < -0.4 is 0 Å². The van der Waals surface area contributed by atoms with Crippen molar-refractivity contribution in [2.75, 3.05) is 0 Å². The van der Waals surface area contributed by atoms with Gasteiger partial charge in [0, 0.05) is 30.9 Å². The molecule has 184 valence electrons. The third kappa shape index (κ3) is 3.89. The molecule has 2 fully saturated rings. The van der Waals surface area contributed by atoms with Crippen LogP contribution >= 0.6 is 0 Å². The number of rotatable bonds is 4. The number of Topliss-reactive ketones (excluding diaryl/α,β-unsaturated/α-hetero) is 1. The van der Waals surface area contributed by atoms with Gasteiger partial charge in [0.1, 0.15) is 11.2 Å². The van der Waals surface area contributed by atoms with E-state index in [0.717, 1.165) is 48.5 Å². The first-order valence-corrected chi connectivity index (χ1v) is 11.8. The monoisotopic (exact) mass is 510 g/mol. The fourth-order valence-corrected chi connectivity index (χ4v) is 6.17. The van der Waals surface area contributed by atoms with Gasteiger partial charge in [-0.05, 0) is 42.7 Å². The minimum atomic E-state index is -4.81. The molecule has 13 heteroatoms. The predicted octanol–water partition coefficient (Wildman–Crippen LogP) is 3.58. The van der Waals surface area contributed by atoms with Crippen molar-refractivity contribution in [3.63, 3.8) is 0 Å². The molecule has 1 aliphatic heterocycles. The van der Waals surface area contributed by atoms with E-state index in [2.05, 4.69) is 0 Å². The molecule has 9 nitrogen and oxygen atoms in total. The van der Waals surface area contributed by atoms with Crippen LogP contribution in [-0.2, 0) is 30.6 Å². The number of piperidine rings is 1. The van der Waals surface area contributed by atoms with E-state index >= 15 is 0 Å². The molecule has 0 unspecified atom stereocenters. The smallest absolute Gasteiger partial charge is 0.298 e. The molecule has 2 aliphatic rings. The number of carbonyl (C=O) groups is 3. The maximum Gasteiger partial charge on any atom is 0.416 e. The van der Waals surface area contributed by atoms with Gasteiger partial charge in [0.2, 0.25) is 5.91 Å². The molecule has 1 spiro atoms. The molecule has 4 rings (SSSR count). The molecule has 35 heavy (non-hydrogen) atoms. The topological polar surface area (TPSA) is 132 Å². The summed E-state index contributed by atoms with van der Waals surface area (Å²) >= 11 is 0. The Morgan fingerprint density at radius 2 is 1.60 bits per heavy atom. The van der Waals surface area contributed by atoms with Crippen LogP contribution in [0.1, 0.15) is 42.7 Å². The lowest BCUT2D eigenvalue weighted by atomic mass is 9.66. The summed E-state index contributed by atoms with van der Waals surface area (Å²) in [5.41, 5.74) is -3.15. The summed E-state index contributed by atoms with van der Waals surface area (Å²) < 4.78 is 65.4. The van der Waals surface area contributed by atoms with Crippen molar-refractivity contribution in [3.05, 3.63) is 69.8 Å². The second kappa shape index (κ2) is 8.26. The Labute approximate surface area is 196 Å². The Kier molecular flexibility index (Phi) is 5.78. The van der Waals surface area contributed by atoms with Crippen molar-refractivity contribution >= 4 is 33.3 Å². The number of ketones is 1. The summed E-state index contributed by atoms with van der Waals surface area (Å²) in [5, 5.41) is 10.9. The highest BCUT2D eigenvalue weighted by Gasteiger charge is 2.62. The van der Waals surface area contributed by atoms with E-state index in [1.54, 1.807) is 0 Å². The molecule has 2 amide bonds. The fraction of sp³-hybridized carbons (Fsp3) is 0.318. The summed E-state index contributed by atoms with van der Waals surface area (Å²) in [4.78, 5) is 49.1. The number of nitro benzene ring substituents is 1. The number of alkyl halides is 3. The zero-order chi connectivity index (χ0) is 25.8. The Hall–Kier alpha value is -3.61. The van der Waals surface area contributed by atoms with Crippen LogP contribution in [0, 0.1) is 15.5 Å². The SMILES string of the molecule is O=C1C[C@@H](c2ccc(C(F)(F)F)cc2)[C@]2(CCCC2=O)C(=O)N1S(=O)(=O)c1ccc([N+](=O)[O-])cc1. The summed E-state index contributed by atoms with van der Waals surface area (Å²) in [6.07, 6.45) is -5.11. The number of benzene rings is 2. The molecule has 1 saturated heterocycles.